The van der Waals surface area contributed by atoms with Crippen molar-refractivity contribution < 1.29 is 4.74 Å². The van der Waals surface area contributed by atoms with E-state index in [-0.39, 0.29) is 6.04 Å². The van der Waals surface area contributed by atoms with Gasteiger partial charge in [0.05, 0.1) is 18.7 Å². The molecule has 0 saturated carbocycles. The first kappa shape index (κ1) is 15.4. The molecule has 0 aliphatic heterocycles. The van der Waals surface area contributed by atoms with Gasteiger partial charge in [0.15, 0.2) is 5.01 Å². The SMILES string of the molecule is CCCNC(C)c1nnc(-c2ccc(Br)cc2OC)s1. The summed E-state index contributed by atoms with van der Waals surface area (Å²) in [7, 11) is 1.67. The van der Waals surface area contributed by atoms with Crippen molar-refractivity contribution in [3.63, 3.8) is 0 Å². The maximum absolute atomic E-state index is 5.41. The predicted octanol–water partition coefficient (Wildman–Crippen LogP) is 4.04. The molecule has 1 atom stereocenters. The smallest absolute Gasteiger partial charge is 0.151 e. The summed E-state index contributed by atoms with van der Waals surface area (Å²) in [6, 6.07) is 6.15. The molecule has 0 aliphatic rings. The Bertz CT molecular complexity index is 573. The van der Waals surface area contributed by atoms with E-state index in [1.165, 1.54) is 0 Å². The molecule has 0 radical (unpaired) electrons. The molecule has 2 rings (SSSR count). The van der Waals surface area contributed by atoms with Crippen LogP contribution in [-0.4, -0.2) is 23.9 Å². The van der Waals surface area contributed by atoms with E-state index in [0.717, 1.165) is 38.8 Å². The number of rotatable bonds is 6. The molecule has 0 fully saturated rings. The number of ether oxygens (including phenoxy) is 1. The second kappa shape index (κ2) is 7.15. The van der Waals surface area contributed by atoms with Crippen LogP contribution in [0.3, 0.4) is 0 Å². The molecule has 0 amide bonds. The highest BCUT2D eigenvalue weighted by Crippen LogP contribution is 2.35. The monoisotopic (exact) mass is 355 g/mol. The van der Waals surface area contributed by atoms with Gasteiger partial charge in [-0.25, -0.2) is 0 Å². The van der Waals surface area contributed by atoms with E-state index in [1.54, 1.807) is 18.4 Å². The average molecular weight is 356 g/mol. The summed E-state index contributed by atoms with van der Waals surface area (Å²) in [5.74, 6) is 0.802. The van der Waals surface area contributed by atoms with E-state index < -0.39 is 0 Å². The standard InChI is InChI=1S/C14H18BrN3OS/c1-4-7-16-9(2)13-17-18-14(20-13)11-6-5-10(15)8-12(11)19-3/h5-6,8-9,16H,4,7H2,1-3H3. The quantitative estimate of drug-likeness (QED) is 0.849. The number of aromatic nitrogens is 2. The van der Waals surface area contributed by atoms with E-state index >= 15 is 0 Å². The van der Waals surface area contributed by atoms with Crippen LogP contribution < -0.4 is 10.1 Å². The van der Waals surface area contributed by atoms with Gasteiger partial charge in [0.1, 0.15) is 10.8 Å². The van der Waals surface area contributed by atoms with Crippen LogP contribution in [0, 0.1) is 0 Å². The molecule has 1 heterocycles. The van der Waals surface area contributed by atoms with Crippen LogP contribution in [0.2, 0.25) is 0 Å². The van der Waals surface area contributed by atoms with Gasteiger partial charge in [-0.05, 0) is 38.1 Å². The summed E-state index contributed by atoms with van der Waals surface area (Å²) in [6.45, 7) is 5.24. The van der Waals surface area contributed by atoms with Gasteiger partial charge in [-0.2, -0.15) is 0 Å². The summed E-state index contributed by atoms with van der Waals surface area (Å²) in [4.78, 5) is 0. The maximum Gasteiger partial charge on any atom is 0.151 e. The van der Waals surface area contributed by atoms with Crippen molar-refractivity contribution in [1.29, 1.82) is 0 Å². The number of nitrogens with one attached hydrogen (secondary N) is 1. The van der Waals surface area contributed by atoms with Crippen molar-refractivity contribution >= 4 is 27.3 Å². The average Bonchev–Trinajstić information content (AvgIpc) is 2.94. The first-order chi connectivity index (χ1) is 9.65. The predicted molar refractivity (Wildman–Crippen MR) is 86.3 cm³/mol. The number of benzene rings is 1. The number of methoxy groups -OCH3 is 1. The van der Waals surface area contributed by atoms with Gasteiger partial charge in [0.25, 0.3) is 0 Å². The molecule has 1 unspecified atom stereocenters. The third-order valence-corrected chi connectivity index (χ3v) is 4.54. The topological polar surface area (TPSA) is 47.0 Å². The van der Waals surface area contributed by atoms with Gasteiger partial charge in [0.2, 0.25) is 0 Å². The normalized spacial score (nSPS) is 12.4. The van der Waals surface area contributed by atoms with Crippen LogP contribution in [0.15, 0.2) is 22.7 Å². The number of hydrogen-bond acceptors (Lipinski definition) is 5. The fourth-order valence-electron chi connectivity index (χ4n) is 1.81. The molecule has 20 heavy (non-hydrogen) atoms. The fraction of sp³-hybridized carbons (Fsp3) is 0.429. The van der Waals surface area contributed by atoms with Crippen LogP contribution in [0.25, 0.3) is 10.6 Å². The molecule has 108 valence electrons. The molecule has 0 saturated heterocycles. The van der Waals surface area contributed by atoms with Crippen LogP contribution in [0.4, 0.5) is 0 Å². The first-order valence-corrected chi connectivity index (χ1v) is 8.17. The van der Waals surface area contributed by atoms with E-state index in [0.29, 0.717) is 0 Å². The van der Waals surface area contributed by atoms with E-state index in [2.05, 4.69) is 45.3 Å². The van der Waals surface area contributed by atoms with Crippen LogP contribution in [0.1, 0.15) is 31.3 Å². The fourth-order valence-corrected chi connectivity index (χ4v) is 3.05. The molecule has 2 aromatic rings. The van der Waals surface area contributed by atoms with Gasteiger partial charge in [-0.3, -0.25) is 0 Å². The highest BCUT2D eigenvalue weighted by molar-refractivity contribution is 9.10. The van der Waals surface area contributed by atoms with Crippen LogP contribution in [-0.2, 0) is 0 Å². The van der Waals surface area contributed by atoms with Crippen LogP contribution in [0.5, 0.6) is 5.75 Å². The molecule has 6 heteroatoms. The van der Waals surface area contributed by atoms with Crippen molar-refractivity contribution in [2.24, 2.45) is 0 Å². The Morgan fingerprint density at radius 1 is 1.40 bits per heavy atom. The molecule has 4 nitrogen and oxygen atoms in total. The Hall–Kier alpha value is -0.980. The van der Waals surface area contributed by atoms with Gasteiger partial charge in [0, 0.05) is 4.47 Å². The summed E-state index contributed by atoms with van der Waals surface area (Å²) in [6.07, 6.45) is 1.11. The molecular weight excluding hydrogens is 338 g/mol. The number of hydrogen-bond donors (Lipinski definition) is 1. The van der Waals surface area contributed by atoms with Gasteiger partial charge in [-0.1, -0.05) is 34.2 Å². The number of halogens is 1. The zero-order chi connectivity index (χ0) is 14.5. The molecule has 1 aromatic heterocycles. The molecular formula is C14H18BrN3OS. The van der Waals surface area contributed by atoms with Crippen molar-refractivity contribution in [3.8, 4) is 16.3 Å². The molecule has 0 spiro atoms. The zero-order valence-corrected chi connectivity index (χ0v) is 14.2. The lowest BCUT2D eigenvalue weighted by Crippen LogP contribution is -2.18. The second-order valence-corrected chi connectivity index (χ2v) is 6.39. The summed E-state index contributed by atoms with van der Waals surface area (Å²) < 4.78 is 6.40. The van der Waals surface area contributed by atoms with Crippen LogP contribution >= 0.6 is 27.3 Å². The Morgan fingerprint density at radius 2 is 2.20 bits per heavy atom. The molecule has 1 aromatic carbocycles. The van der Waals surface area contributed by atoms with E-state index in [1.807, 2.05) is 18.2 Å². The van der Waals surface area contributed by atoms with Crippen molar-refractivity contribution in [2.75, 3.05) is 13.7 Å². The lowest BCUT2D eigenvalue weighted by molar-refractivity contribution is 0.416. The van der Waals surface area contributed by atoms with Crippen molar-refractivity contribution in [1.82, 2.24) is 15.5 Å². The van der Waals surface area contributed by atoms with Gasteiger partial charge >= 0.3 is 0 Å². The van der Waals surface area contributed by atoms with Crippen molar-refractivity contribution in [3.05, 3.63) is 27.7 Å². The minimum absolute atomic E-state index is 0.225. The molecule has 0 bridgehead atoms. The summed E-state index contributed by atoms with van der Waals surface area (Å²) >= 11 is 5.04. The minimum Gasteiger partial charge on any atom is -0.496 e. The molecule has 1 N–H and O–H groups in total. The third kappa shape index (κ3) is 3.56. The summed E-state index contributed by atoms with van der Waals surface area (Å²) in [5, 5.41) is 13.9. The number of nitrogens with zero attached hydrogens (tertiary/aromatic N) is 2. The Labute approximate surface area is 131 Å². The lowest BCUT2D eigenvalue weighted by Gasteiger charge is -2.08. The lowest BCUT2D eigenvalue weighted by atomic mass is 10.2. The van der Waals surface area contributed by atoms with E-state index in [4.69, 9.17) is 4.74 Å². The Kier molecular flexibility index (Phi) is 5.51. The third-order valence-electron chi connectivity index (χ3n) is 2.91. The highest BCUT2D eigenvalue weighted by Gasteiger charge is 2.15. The Balaban J connectivity index is 2.24. The van der Waals surface area contributed by atoms with E-state index in [9.17, 15) is 0 Å². The second-order valence-electron chi connectivity index (χ2n) is 4.47. The largest absolute Gasteiger partial charge is 0.496 e. The highest BCUT2D eigenvalue weighted by atomic mass is 79.9. The summed E-state index contributed by atoms with van der Waals surface area (Å²) in [5.41, 5.74) is 0.974. The van der Waals surface area contributed by atoms with Crippen molar-refractivity contribution in [2.45, 2.75) is 26.3 Å². The molecule has 0 aliphatic carbocycles. The minimum atomic E-state index is 0.225. The first-order valence-electron chi connectivity index (χ1n) is 6.56. The van der Waals surface area contributed by atoms with Gasteiger partial charge < -0.3 is 10.1 Å². The zero-order valence-electron chi connectivity index (χ0n) is 11.8. The Morgan fingerprint density at radius 3 is 2.90 bits per heavy atom. The maximum atomic E-state index is 5.41. The van der Waals surface area contributed by atoms with Gasteiger partial charge in [-0.15, -0.1) is 10.2 Å².